The van der Waals surface area contributed by atoms with Crippen molar-refractivity contribution in [2.24, 2.45) is 0 Å². The molecule has 0 fully saturated rings. The summed E-state index contributed by atoms with van der Waals surface area (Å²) in [6, 6.07) is 14.2. The number of amides is 1. The molecule has 0 aliphatic rings. The van der Waals surface area contributed by atoms with Crippen LogP contribution in [0.5, 0.6) is 5.75 Å². The number of methoxy groups -OCH3 is 1. The van der Waals surface area contributed by atoms with E-state index in [9.17, 15) is 9.18 Å². The summed E-state index contributed by atoms with van der Waals surface area (Å²) in [6.45, 7) is 0. The quantitative estimate of drug-likeness (QED) is 0.695. The molecule has 0 saturated carbocycles. The van der Waals surface area contributed by atoms with E-state index in [0.717, 1.165) is 0 Å². The van der Waals surface area contributed by atoms with E-state index >= 15 is 0 Å². The van der Waals surface area contributed by atoms with Gasteiger partial charge in [0.15, 0.2) is 0 Å². The summed E-state index contributed by atoms with van der Waals surface area (Å²) in [5.41, 5.74) is 0.945. The second-order valence-corrected chi connectivity index (χ2v) is 4.38. The van der Waals surface area contributed by atoms with Crippen molar-refractivity contribution in [1.29, 1.82) is 5.26 Å². The van der Waals surface area contributed by atoms with Crippen LogP contribution >= 0.6 is 0 Å². The van der Waals surface area contributed by atoms with E-state index in [-0.39, 0.29) is 11.4 Å². The first kappa shape index (κ1) is 15.3. The number of carbonyl (C=O) groups is 1. The number of hydrogen-bond donors (Lipinski definition) is 1. The summed E-state index contributed by atoms with van der Waals surface area (Å²) < 4.78 is 18.0. The van der Waals surface area contributed by atoms with E-state index in [1.807, 2.05) is 6.07 Å². The third-order valence-electron chi connectivity index (χ3n) is 2.90. The lowest BCUT2D eigenvalue weighted by Gasteiger charge is -2.09. The highest BCUT2D eigenvalue weighted by molar-refractivity contribution is 6.10. The summed E-state index contributed by atoms with van der Waals surface area (Å²) in [5.74, 6) is -0.444. The molecule has 0 bridgehead atoms. The van der Waals surface area contributed by atoms with Gasteiger partial charge in [-0.3, -0.25) is 4.79 Å². The molecule has 1 amide bonds. The second-order valence-electron chi connectivity index (χ2n) is 4.38. The SMILES string of the molecule is COc1ccccc1NC(=O)/C(C#N)=C\c1ccc(F)cc1. The lowest BCUT2D eigenvalue weighted by atomic mass is 10.1. The molecule has 5 heteroatoms. The van der Waals surface area contributed by atoms with Crippen molar-refractivity contribution < 1.29 is 13.9 Å². The van der Waals surface area contributed by atoms with Crippen molar-refractivity contribution >= 4 is 17.7 Å². The Labute approximate surface area is 127 Å². The number of hydrogen-bond acceptors (Lipinski definition) is 3. The first-order chi connectivity index (χ1) is 10.6. The molecule has 0 unspecified atom stereocenters. The van der Waals surface area contributed by atoms with Crippen LogP contribution in [0.4, 0.5) is 10.1 Å². The molecule has 0 radical (unpaired) electrons. The normalized spacial score (nSPS) is 10.7. The highest BCUT2D eigenvalue weighted by Crippen LogP contribution is 2.23. The van der Waals surface area contributed by atoms with E-state index in [4.69, 9.17) is 10.00 Å². The number of carbonyl (C=O) groups excluding carboxylic acids is 1. The van der Waals surface area contributed by atoms with E-state index in [0.29, 0.717) is 17.0 Å². The van der Waals surface area contributed by atoms with Crippen molar-refractivity contribution in [3.8, 4) is 11.8 Å². The fourth-order valence-electron chi connectivity index (χ4n) is 1.81. The topological polar surface area (TPSA) is 62.1 Å². The van der Waals surface area contributed by atoms with Crippen LogP contribution < -0.4 is 10.1 Å². The first-order valence-corrected chi connectivity index (χ1v) is 6.46. The molecule has 1 N–H and O–H groups in total. The summed E-state index contributed by atoms with van der Waals surface area (Å²) in [5, 5.41) is 11.7. The van der Waals surface area contributed by atoms with Crippen LogP contribution in [0, 0.1) is 17.1 Å². The molecular weight excluding hydrogens is 283 g/mol. The van der Waals surface area contributed by atoms with Crippen LogP contribution in [0.15, 0.2) is 54.1 Å². The highest BCUT2D eigenvalue weighted by atomic mass is 19.1. The number of nitrogens with zero attached hydrogens (tertiary/aromatic N) is 1. The summed E-state index contributed by atoms with van der Waals surface area (Å²) in [7, 11) is 1.49. The van der Waals surface area contributed by atoms with Gasteiger partial charge in [-0.1, -0.05) is 24.3 Å². The number of benzene rings is 2. The van der Waals surface area contributed by atoms with Crippen molar-refractivity contribution in [3.05, 3.63) is 65.5 Å². The fraction of sp³-hybridized carbons (Fsp3) is 0.0588. The molecule has 110 valence electrons. The van der Waals surface area contributed by atoms with Crippen molar-refractivity contribution in [1.82, 2.24) is 0 Å². The Morgan fingerprint density at radius 1 is 1.23 bits per heavy atom. The zero-order valence-corrected chi connectivity index (χ0v) is 11.8. The van der Waals surface area contributed by atoms with Gasteiger partial charge in [-0.05, 0) is 35.9 Å². The lowest BCUT2D eigenvalue weighted by Crippen LogP contribution is -2.14. The molecule has 2 aromatic rings. The number of nitrogens with one attached hydrogen (secondary N) is 1. The molecule has 0 saturated heterocycles. The van der Waals surface area contributed by atoms with E-state index in [2.05, 4.69) is 5.32 Å². The minimum atomic E-state index is -0.559. The van der Waals surface area contributed by atoms with E-state index in [1.165, 1.54) is 37.5 Å². The minimum absolute atomic E-state index is 0.0856. The molecule has 0 heterocycles. The zero-order chi connectivity index (χ0) is 15.9. The molecule has 22 heavy (non-hydrogen) atoms. The molecule has 2 aromatic carbocycles. The maximum absolute atomic E-state index is 12.9. The largest absolute Gasteiger partial charge is 0.495 e. The Morgan fingerprint density at radius 2 is 1.91 bits per heavy atom. The van der Waals surface area contributed by atoms with Crippen LogP contribution in [0.3, 0.4) is 0 Å². The number of rotatable bonds is 4. The first-order valence-electron chi connectivity index (χ1n) is 6.46. The predicted octanol–water partition coefficient (Wildman–Crippen LogP) is 3.38. The molecule has 0 spiro atoms. The predicted molar refractivity (Wildman–Crippen MR) is 81.6 cm³/mol. The van der Waals surface area contributed by atoms with Crippen molar-refractivity contribution in [2.45, 2.75) is 0 Å². The highest BCUT2D eigenvalue weighted by Gasteiger charge is 2.12. The molecule has 0 aliphatic heterocycles. The smallest absolute Gasteiger partial charge is 0.266 e. The summed E-state index contributed by atoms with van der Waals surface area (Å²) in [4.78, 5) is 12.2. The number of para-hydroxylation sites is 2. The van der Waals surface area contributed by atoms with Crippen molar-refractivity contribution in [3.63, 3.8) is 0 Å². The maximum atomic E-state index is 12.9. The number of ether oxygens (including phenoxy) is 1. The van der Waals surface area contributed by atoms with Gasteiger partial charge in [-0.2, -0.15) is 5.26 Å². The van der Waals surface area contributed by atoms with Crippen LogP contribution in [0.25, 0.3) is 6.08 Å². The van der Waals surface area contributed by atoms with Gasteiger partial charge >= 0.3 is 0 Å². The lowest BCUT2D eigenvalue weighted by molar-refractivity contribution is -0.112. The van der Waals surface area contributed by atoms with Crippen LogP contribution in [0.1, 0.15) is 5.56 Å². The monoisotopic (exact) mass is 296 g/mol. The Kier molecular flexibility index (Phi) is 4.89. The van der Waals surface area contributed by atoms with Gasteiger partial charge in [0.05, 0.1) is 12.8 Å². The number of halogens is 1. The second kappa shape index (κ2) is 7.04. The van der Waals surface area contributed by atoms with Gasteiger partial charge in [0.25, 0.3) is 5.91 Å². The van der Waals surface area contributed by atoms with E-state index in [1.54, 1.807) is 24.3 Å². The third kappa shape index (κ3) is 3.70. The van der Waals surface area contributed by atoms with Gasteiger partial charge in [0.2, 0.25) is 0 Å². The Hall–Kier alpha value is -3.13. The zero-order valence-electron chi connectivity index (χ0n) is 11.8. The Morgan fingerprint density at radius 3 is 2.55 bits per heavy atom. The fourth-order valence-corrected chi connectivity index (χ4v) is 1.81. The Balaban J connectivity index is 2.22. The number of nitriles is 1. The molecule has 0 aliphatic carbocycles. The van der Waals surface area contributed by atoms with Gasteiger partial charge in [0.1, 0.15) is 23.2 Å². The molecule has 4 nitrogen and oxygen atoms in total. The van der Waals surface area contributed by atoms with Gasteiger partial charge in [-0.25, -0.2) is 4.39 Å². The van der Waals surface area contributed by atoms with E-state index < -0.39 is 5.91 Å². The summed E-state index contributed by atoms with van der Waals surface area (Å²) in [6.07, 6.45) is 1.39. The summed E-state index contributed by atoms with van der Waals surface area (Å²) >= 11 is 0. The Bertz CT molecular complexity index is 746. The molecule has 2 rings (SSSR count). The number of anilines is 1. The molecule has 0 aromatic heterocycles. The van der Waals surface area contributed by atoms with Crippen LogP contribution in [-0.2, 0) is 4.79 Å². The van der Waals surface area contributed by atoms with Gasteiger partial charge in [0, 0.05) is 0 Å². The average molecular weight is 296 g/mol. The minimum Gasteiger partial charge on any atom is -0.495 e. The third-order valence-corrected chi connectivity index (χ3v) is 2.90. The maximum Gasteiger partial charge on any atom is 0.266 e. The standard InChI is InChI=1S/C17H13FN2O2/c1-22-16-5-3-2-4-15(16)20-17(21)13(11-19)10-12-6-8-14(18)9-7-12/h2-10H,1H3,(H,20,21)/b13-10-. The molecular formula is C17H13FN2O2. The van der Waals surface area contributed by atoms with Crippen LogP contribution in [-0.4, -0.2) is 13.0 Å². The van der Waals surface area contributed by atoms with Gasteiger partial charge < -0.3 is 10.1 Å². The van der Waals surface area contributed by atoms with Crippen molar-refractivity contribution in [2.75, 3.05) is 12.4 Å². The molecule has 0 atom stereocenters. The average Bonchev–Trinajstić information content (AvgIpc) is 2.54. The van der Waals surface area contributed by atoms with Gasteiger partial charge in [-0.15, -0.1) is 0 Å². The van der Waals surface area contributed by atoms with Crippen LogP contribution in [0.2, 0.25) is 0 Å².